The zero-order valence-corrected chi connectivity index (χ0v) is 13.3. The summed E-state index contributed by atoms with van der Waals surface area (Å²) in [6.07, 6.45) is 1.97. The Morgan fingerprint density at radius 3 is 2.61 bits per heavy atom. The Balaban J connectivity index is 1.78. The van der Waals surface area contributed by atoms with Gasteiger partial charge in [-0.05, 0) is 18.9 Å². The van der Waals surface area contributed by atoms with Crippen LogP contribution in [0.15, 0.2) is 30.3 Å². The zero-order valence-electron chi connectivity index (χ0n) is 12.6. The summed E-state index contributed by atoms with van der Waals surface area (Å²) >= 11 is 6.15. The van der Waals surface area contributed by atoms with Gasteiger partial charge in [-0.2, -0.15) is 0 Å². The molecule has 0 bridgehead atoms. The number of carbonyl (C=O) groups is 2. The van der Waals surface area contributed by atoms with E-state index in [1.807, 2.05) is 0 Å². The lowest BCUT2D eigenvalue weighted by Crippen LogP contribution is -2.32. The van der Waals surface area contributed by atoms with Crippen LogP contribution in [-0.4, -0.2) is 41.6 Å². The molecule has 1 aliphatic carbocycles. The molecule has 0 atom stereocenters. The van der Waals surface area contributed by atoms with Crippen molar-refractivity contribution in [3.63, 3.8) is 0 Å². The Morgan fingerprint density at radius 1 is 1.30 bits per heavy atom. The van der Waals surface area contributed by atoms with Crippen LogP contribution >= 0.6 is 11.6 Å². The van der Waals surface area contributed by atoms with Crippen LogP contribution in [0.25, 0.3) is 10.8 Å². The van der Waals surface area contributed by atoms with E-state index >= 15 is 0 Å². The van der Waals surface area contributed by atoms with E-state index in [9.17, 15) is 14.7 Å². The van der Waals surface area contributed by atoms with E-state index in [1.165, 1.54) is 6.07 Å². The van der Waals surface area contributed by atoms with Gasteiger partial charge in [-0.15, -0.1) is 0 Å². The third-order valence-corrected chi connectivity index (χ3v) is 4.31. The number of carbonyl (C=O) groups excluding carboxylic acids is 2. The van der Waals surface area contributed by atoms with Crippen LogP contribution in [0.5, 0.6) is 5.75 Å². The SMILES string of the molecule is CN(C(=O)COC(=O)c1cc(Cl)c2ccccc2c1O)C1CC1. The highest BCUT2D eigenvalue weighted by Crippen LogP contribution is 2.34. The van der Waals surface area contributed by atoms with E-state index in [-0.39, 0.29) is 29.9 Å². The van der Waals surface area contributed by atoms with Gasteiger partial charge >= 0.3 is 5.97 Å². The molecule has 1 N–H and O–H groups in total. The van der Waals surface area contributed by atoms with Crippen LogP contribution in [0.4, 0.5) is 0 Å². The van der Waals surface area contributed by atoms with Crippen LogP contribution < -0.4 is 0 Å². The average molecular weight is 334 g/mol. The molecule has 120 valence electrons. The fraction of sp³-hybridized carbons (Fsp3) is 0.294. The molecule has 0 aliphatic heterocycles. The van der Waals surface area contributed by atoms with Gasteiger partial charge in [0.25, 0.3) is 5.91 Å². The number of phenols is 1. The van der Waals surface area contributed by atoms with Gasteiger partial charge in [0.1, 0.15) is 11.3 Å². The summed E-state index contributed by atoms with van der Waals surface area (Å²) < 4.78 is 5.02. The van der Waals surface area contributed by atoms with E-state index in [2.05, 4.69) is 0 Å². The largest absolute Gasteiger partial charge is 0.506 e. The topological polar surface area (TPSA) is 66.8 Å². The normalized spacial score (nSPS) is 13.8. The predicted octanol–water partition coefficient (Wildman–Crippen LogP) is 2.98. The number of hydrogen-bond donors (Lipinski definition) is 1. The number of benzene rings is 2. The van der Waals surface area contributed by atoms with Crippen molar-refractivity contribution in [3.8, 4) is 5.75 Å². The number of ether oxygens (including phenoxy) is 1. The molecular weight excluding hydrogens is 318 g/mol. The second-order valence-electron chi connectivity index (χ2n) is 5.61. The van der Waals surface area contributed by atoms with Crippen molar-refractivity contribution in [2.75, 3.05) is 13.7 Å². The molecule has 1 fully saturated rings. The van der Waals surface area contributed by atoms with Crippen LogP contribution in [0.3, 0.4) is 0 Å². The predicted molar refractivity (Wildman–Crippen MR) is 86.7 cm³/mol. The third-order valence-electron chi connectivity index (χ3n) is 4.00. The fourth-order valence-corrected chi connectivity index (χ4v) is 2.72. The summed E-state index contributed by atoms with van der Waals surface area (Å²) in [5, 5.41) is 11.7. The first-order valence-corrected chi connectivity index (χ1v) is 7.70. The molecule has 3 rings (SSSR count). The third kappa shape index (κ3) is 3.10. The van der Waals surface area contributed by atoms with Gasteiger partial charge in [0.15, 0.2) is 6.61 Å². The van der Waals surface area contributed by atoms with Crippen LogP contribution in [0.1, 0.15) is 23.2 Å². The lowest BCUT2D eigenvalue weighted by atomic mass is 10.1. The molecule has 0 radical (unpaired) electrons. The van der Waals surface area contributed by atoms with Gasteiger partial charge in [0.05, 0.1) is 0 Å². The molecule has 0 aromatic heterocycles. The highest BCUT2D eigenvalue weighted by atomic mass is 35.5. The molecule has 2 aromatic rings. The highest BCUT2D eigenvalue weighted by molar-refractivity contribution is 6.36. The maximum Gasteiger partial charge on any atom is 0.342 e. The Labute approximate surface area is 138 Å². The number of fused-ring (bicyclic) bond motifs is 1. The van der Waals surface area contributed by atoms with E-state index in [0.29, 0.717) is 15.8 Å². The van der Waals surface area contributed by atoms with Crippen molar-refractivity contribution in [1.29, 1.82) is 0 Å². The van der Waals surface area contributed by atoms with Crippen molar-refractivity contribution in [2.45, 2.75) is 18.9 Å². The number of esters is 1. The van der Waals surface area contributed by atoms with Gasteiger partial charge in [-0.3, -0.25) is 4.79 Å². The van der Waals surface area contributed by atoms with Gasteiger partial charge < -0.3 is 14.7 Å². The molecule has 6 heteroatoms. The van der Waals surface area contributed by atoms with E-state index in [1.54, 1.807) is 36.2 Å². The van der Waals surface area contributed by atoms with Crippen LogP contribution in [0, 0.1) is 0 Å². The van der Waals surface area contributed by atoms with E-state index in [4.69, 9.17) is 16.3 Å². The standard InChI is InChI=1S/C17H16ClNO4/c1-19(10-6-7-10)15(20)9-23-17(22)13-8-14(18)11-4-2-3-5-12(11)16(13)21/h2-5,8,10,21H,6-7,9H2,1H3. The molecule has 1 aliphatic rings. The number of hydrogen-bond acceptors (Lipinski definition) is 4. The van der Waals surface area contributed by atoms with E-state index < -0.39 is 5.97 Å². The second kappa shape index (κ2) is 6.08. The van der Waals surface area contributed by atoms with Crippen molar-refractivity contribution in [2.24, 2.45) is 0 Å². The minimum absolute atomic E-state index is 0.0458. The van der Waals surface area contributed by atoms with E-state index in [0.717, 1.165) is 12.8 Å². The first-order valence-electron chi connectivity index (χ1n) is 7.32. The molecule has 1 saturated carbocycles. The number of aromatic hydroxyl groups is 1. The smallest absolute Gasteiger partial charge is 0.342 e. The lowest BCUT2D eigenvalue weighted by molar-refractivity contribution is -0.133. The number of rotatable bonds is 4. The average Bonchev–Trinajstić information content (AvgIpc) is 3.40. The van der Waals surface area contributed by atoms with Crippen molar-refractivity contribution in [1.82, 2.24) is 4.90 Å². The summed E-state index contributed by atoms with van der Waals surface area (Å²) in [5.74, 6) is -1.22. The van der Waals surface area contributed by atoms with Gasteiger partial charge in [0, 0.05) is 28.9 Å². The fourth-order valence-electron chi connectivity index (χ4n) is 2.44. The molecule has 5 nitrogen and oxygen atoms in total. The minimum Gasteiger partial charge on any atom is -0.506 e. The Kier molecular flexibility index (Phi) is 4.13. The summed E-state index contributed by atoms with van der Waals surface area (Å²) in [5.41, 5.74) is -0.0458. The van der Waals surface area contributed by atoms with Gasteiger partial charge in [-0.25, -0.2) is 4.79 Å². The van der Waals surface area contributed by atoms with Crippen molar-refractivity contribution < 1.29 is 19.4 Å². The first kappa shape index (κ1) is 15.6. The number of halogens is 1. The molecule has 1 amide bonds. The zero-order chi connectivity index (χ0) is 16.6. The number of nitrogens with zero attached hydrogens (tertiary/aromatic N) is 1. The minimum atomic E-state index is -0.771. The number of likely N-dealkylation sites (N-methyl/N-ethyl adjacent to an activating group) is 1. The molecule has 2 aromatic carbocycles. The van der Waals surface area contributed by atoms with Gasteiger partial charge in [-0.1, -0.05) is 35.9 Å². The lowest BCUT2D eigenvalue weighted by Gasteiger charge is -2.16. The summed E-state index contributed by atoms with van der Waals surface area (Å²) in [6.45, 7) is -0.351. The molecule has 0 saturated heterocycles. The molecule has 0 unspecified atom stereocenters. The maximum atomic E-state index is 12.2. The first-order chi connectivity index (χ1) is 11.0. The van der Waals surface area contributed by atoms with Crippen molar-refractivity contribution >= 4 is 34.2 Å². The summed E-state index contributed by atoms with van der Waals surface area (Å²) in [4.78, 5) is 25.6. The van der Waals surface area contributed by atoms with Crippen LogP contribution in [-0.2, 0) is 9.53 Å². The van der Waals surface area contributed by atoms with Gasteiger partial charge in [0.2, 0.25) is 0 Å². The number of amides is 1. The maximum absolute atomic E-state index is 12.2. The monoisotopic (exact) mass is 333 g/mol. The summed E-state index contributed by atoms with van der Waals surface area (Å²) in [7, 11) is 1.69. The number of phenolic OH excluding ortho intramolecular Hbond substituents is 1. The van der Waals surface area contributed by atoms with Crippen molar-refractivity contribution in [3.05, 3.63) is 40.9 Å². The molecule has 0 spiro atoms. The molecule has 0 heterocycles. The Morgan fingerprint density at radius 2 is 1.96 bits per heavy atom. The Hall–Kier alpha value is -2.27. The molecular formula is C17H16ClNO4. The highest BCUT2D eigenvalue weighted by Gasteiger charge is 2.30. The van der Waals surface area contributed by atoms with Crippen LogP contribution in [0.2, 0.25) is 5.02 Å². The summed E-state index contributed by atoms with van der Waals surface area (Å²) in [6, 6.07) is 8.56. The molecule has 23 heavy (non-hydrogen) atoms. The quantitative estimate of drug-likeness (QED) is 0.873. The Bertz CT molecular complexity index is 786. The second-order valence-corrected chi connectivity index (χ2v) is 6.02.